The zero-order chi connectivity index (χ0) is 13.7. The first-order chi connectivity index (χ1) is 9.20. The standard InChI is InChI=1S/C13H18ClN3O2/c1-2-17-6-7-19-10(9-17)8-16-13(18)11-4-3-5-15-12(11)14/h3-5,10H,2,6-9H2,1H3,(H,16,18). The fourth-order valence-corrected chi connectivity index (χ4v) is 2.25. The lowest BCUT2D eigenvalue weighted by Crippen LogP contribution is -2.47. The summed E-state index contributed by atoms with van der Waals surface area (Å²) in [6.07, 6.45) is 1.59. The third-order valence-corrected chi connectivity index (χ3v) is 3.47. The normalized spacial score (nSPS) is 20.2. The molecule has 2 rings (SSSR count). The Kier molecular flexibility index (Phi) is 5.13. The molecule has 0 aliphatic carbocycles. The number of hydrogen-bond donors (Lipinski definition) is 1. The Morgan fingerprint density at radius 2 is 2.53 bits per heavy atom. The molecule has 0 radical (unpaired) electrons. The number of likely N-dealkylation sites (N-methyl/N-ethyl adjacent to an activating group) is 1. The van der Waals surface area contributed by atoms with E-state index in [1.54, 1.807) is 18.3 Å². The molecule has 5 nitrogen and oxygen atoms in total. The zero-order valence-corrected chi connectivity index (χ0v) is 11.7. The van der Waals surface area contributed by atoms with Gasteiger partial charge in [-0.15, -0.1) is 0 Å². The molecule has 1 atom stereocenters. The number of rotatable bonds is 4. The van der Waals surface area contributed by atoms with E-state index in [4.69, 9.17) is 16.3 Å². The number of pyridine rings is 1. The highest BCUT2D eigenvalue weighted by Crippen LogP contribution is 2.11. The maximum Gasteiger partial charge on any atom is 0.254 e. The highest BCUT2D eigenvalue weighted by molar-refractivity contribution is 6.32. The lowest BCUT2D eigenvalue weighted by molar-refractivity contribution is -0.0246. The predicted octanol–water partition coefficient (Wildman–Crippen LogP) is 1.19. The molecule has 2 heterocycles. The molecule has 1 unspecified atom stereocenters. The maximum atomic E-state index is 12.0. The highest BCUT2D eigenvalue weighted by Gasteiger charge is 2.20. The van der Waals surface area contributed by atoms with Crippen molar-refractivity contribution in [2.75, 3.05) is 32.8 Å². The van der Waals surface area contributed by atoms with E-state index in [0.29, 0.717) is 18.7 Å². The molecule has 6 heteroatoms. The van der Waals surface area contributed by atoms with Crippen LogP contribution in [0.1, 0.15) is 17.3 Å². The first-order valence-electron chi connectivity index (χ1n) is 6.43. The van der Waals surface area contributed by atoms with Crippen LogP contribution in [0.25, 0.3) is 0 Å². The summed E-state index contributed by atoms with van der Waals surface area (Å²) in [5.74, 6) is -0.213. The quantitative estimate of drug-likeness (QED) is 0.844. The number of amides is 1. The summed E-state index contributed by atoms with van der Waals surface area (Å²) in [6, 6.07) is 3.35. The van der Waals surface area contributed by atoms with Gasteiger partial charge in [0.15, 0.2) is 0 Å². The highest BCUT2D eigenvalue weighted by atomic mass is 35.5. The number of carbonyl (C=O) groups is 1. The van der Waals surface area contributed by atoms with Crippen LogP contribution in [-0.2, 0) is 4.74 Å². The van der Waals surface area contributed by atoms with Gasteiger partial charge in [0.05, 0.1) is 18.3 Å². The Hall–Kier alpha value is -1.17. The third kappa shape index (κ3) is 3.89. The summed E-state index contributed by atoms with van der Waals surface area (Å²) in [6.45, 7) is 6.12. The van der Waals surface area contributed by atoms with Crippen LogP contribution < -0.4 is 5.32 Å². The number of hydrogen-bond acceptors (Lipinski definition) is 4. The topological polar surface area (TPSA) is 54.5 Å². The number of morpholine rings is 1. The Labute approximate surface area is 117 Å². The monoisotopic (exact) mass is 283 g/mol. The van der Waals surface area contributed by atoms with Crippen LogP contribution in [0.3, 0.4) is 0 Å². The Bertz CT molecular complexity index is 442. The van der Waals surface area contributed by atoms with Crippen molar-refractivity contribution in [2.45, 2.75) is 13.0 Å². The molecule has 1 saturated heterocycles. The Balaban J connectivity index is 1.85. The molecule has 0 aromatic carbocycles. The minimum atomic E-state index is -0.213. The third-order valence-electron chi connectivity index (χ3n) is 3.16. The number of aromatic nitrogens is 1. The molecule has 1 aliphatic rings. The van der Waals surface area contributed by atoms with Gasteiger partial charge in [0.25, 0.3) is 5.91 Å². The molecule has 0 saturated carbocycles. The van der Waals surface area contributed by atoms with Gasteiger partial charge in [0.1, 0.15) is 5.15 Å². The summed E-state index contributed by atoms with van der Waals surface area (Å²) >= 11 is 5.87. The molecular formula is C13H18ClN3O2. The molecule has 1 aromatic rings. The smallest absolute Gasteiger partial charge is 0.254 e. The average Bonchev–Trinajstić information content (AvgIpc) is 2.45. The van der Waals surface area contributed by atoms with Gasteiger partial charge in [0, 0.05) is 25.8 Å². The largest absolute Gasteiger partial charge is 0.374 e. The van der Waals surface area contributed by atoms with Crippen molar-refractivity contribution in [1.82, 2.24) is 15.2 Å². The minimum Gasteiger partial charge on any atom is -0.374 e. The Morgan fingerprint density at radius 1 is 1.68 bits per heavy atom. The molecule has 0 spiro atoms. The summed E-state index contributed by atoms with van der Waals surface area (Å²) in [7, 11) is 0. The molecule has 104 valence electrons. The molecule has 1 aliphatic heterocycles. The van der Waals surface area contributed by atoms with Crippen LogP contribution in [-0.4, -0.2) is 54.7 Å². The number of ether oxygens (including phenoxy) is 1. The second kappa shape index (κ2) is 6.84. The molecule has 1 N–H and O–H groups in total. The van der Waals surface area contributed by atoms with Gasteiger partial charge in [-0.05, 0) is 18.7 Å². The molecule has 0 bridgehead atoms. The molecule has 19 heavy (non-hydrogen) atoms. The second-order valence-corrected chi connectivity index (χ2v) is 4.80. The van der Waals surface area contributed by atoms with E-state index in [1.165, 1.54) is 0 Å². The molecule has 1 amide bonds. The Morgan fingerprint density at radius 3 is 3.26 bits per heavy atom. The molecular weight excluding hydrogens is 266 g/mol. The van der Waals surface area contributed by atoms with E-state index in [1.807, 2.05) is 0 Å². The van der Waals surface area contributed by atoms with Crippen molar-refractivity contribution in [3.05, 3.63) is 29.0 Å². The van der Waals surface area contributed by atoms with Crippen LogP contribution in [0.15, 0.2) is 18.3 Å². The van der Waals surface area contributed by atoms with Gasteiger partial charge in [-0.2, -0.15) is 0 Å². The minimum absolute atomic E-state index is 0.0353. The van der Waals surface area contributed by atoms with Crippen LogP contribution in [0.5, 0.6) is 0 Å². The van der Waals surface area contributed by atoms with Gasteiger partial charge in [0.2, 0.25) is 0 Å². The fraction of sp³-hybridized carbons (Fsp3) is 0.538. The number of nitrogens with zero attached hydrogens (tertiary/aromatic N) is 2. The van der Waals surface area contributed by atoms with Crippen LogP contribution in [0, 0.1) is 0 Å². The zero-order valence-electron chi connectivity index (χ0n) is 10.9. The van der Waals surface area contributed by atoms with E-state index < -0.39 is 0 Å². The first-order valence-corrected chi connectivity index (χ1v) is 6.81. The summed E-state index contributed by atoms with van der Waals surface area (Å²) in [5.41, 5.74) is 0.396. The van der Waals surface area contributed by atoms with Crippen molar-refractivity contribution in [2.24, 2.45) is 0 Å². The predicted molar refractivity (Wildman–Crippen MR) is 73.4 cm³/mol. The van der Waals surface area contributed by atoms with Gasteiger partial charge in [-0.3, -0.25) is 9.69 Å². The van der Waals surface area contributed by atoms with Crippen molar-refractivity contribution < 1.29 is 9.53 Å². The van der Waals surface area contributed by atoms with Crippen LogP contribution >= 0.6 is 11.6 Å². The summed E-state index contributed by atoms with van der Waals surface area (Å²) < 4.78 is 5.62. The van der Waals surface area contributed by atoms with E-state index in [2.05, 4.69) is 22.1 Å². The first kappa shape index (κ1) is 14.2. The van der Waals surface area contributed by atoms with Crippen molar-refractivity contribution >= 4 is 17.5 Å². The van der Waals surface area contributed by atoms with Crippen LogP contribution in [0.2, 0.25) is 5.15 Å². The van der Waals surface area contributed by atoms with Crippen LogP contribution in [0.4, 0.5) is 0 Å². The average molecular weight is 284 g/mol. The van der Waals surface area contributed by atoms with Gasteiger partial charge in [-0.1, -0.05) is 18.5 Å². The molecule has 1 fully saturated rings. The lowest BCUT2D eigenvalue weighted by atomic mass is 10.2. The van der Waals surface area contributed by atoms with E-state index in [9.17, 15) is 4.79 Å². The van der Waals surface area contributed by atoms with Crippen molar-refractivity contribution in [3.63, 3.8) is 0 Å². The van der Waals surface area contributed by atoms with E-state index in [0.717, 1.165) is 19.6 Å². The van der Waals surface area contributed by atoms with E-state index in [-0.39, 0.29) is 17.2 Å². The van der Waals surface area contributed by atoms with Crippen molar-refractivity contribution in [3.8, 4) is 0 Å². The van der Waals surface area contributed by atoms with E-state index >= 15 is 0 Å². The summed E-state index contributed by atoms with van der Waals surface area (Å²) in [5, 5.41) is 3.06. The second-order valence-electron chi connectivity index (χ2n) is 4.44. The van der Waals surface area contributed by atoms with Gasteiger partial charge in [-0.25, -0.2) is 4.98 Å². The lowest BCUT2D eigenvalue weighted by Gasteiger charge is -2.32. The number of nitrogens with one attached hydrogen (secondary N) is 1. The SMILES string of the molecule is CCN1CCOC(CNC(=O)c2cccnc2Cl)C1. The number of carbonyl (C=O) groups excluding carboxylic acids is 1. The molecule has 1 aromatic heterocycles. The van der Waals surface area contributed by atoms with Gasteiger partial charge < -0.3 is 10.1 Å². The van der Waals surface area contributed by atoms with Gasteiger partial charge >= 0.3 is 0 Å². The fourth-order valence-electron chi connectivity index (χ4n) is 2.05. The summed E-state index contributed by atoms with van der Waals surface area (Å²) in [4.78, 5) is 18.1. The van der Waals surface area contributed by atoms with Crippen molar-refractivity contribution in [1.29, 1.82) is 0 Å². The maximum absolute atomic E-state index is 12.0. The number of halogens is 1.